The number of nitrogens with two attached hydrogens (primary N) is 1. The van der Waals surface area contributed by atoms with E-state index < -0.39 is 0 Å². The number of para-hydroxylation sites is 1. The fraction of sp³-hybridized carbons (Fsp3) is 0.438. The van der Waals surface area contributed by atoms with Gasteiger partial charge in [-0.1, -0.05) is 18.2 Å². The van der Waals surface area contributed by atoms with Gasteiger partial charge in [-0.25, -0.2) is 0 Å². The van der Waals surface area contributed by atoms with Crippen LogP contribution in [0.1, 0.15) is 18.4 Å². The van der Waals surface area contributed by atoms with Gasteiger partial charge >= 0.3 is 0 Å². The second-order valence-corrected chi connectivity index (χ2v) is 5.68. The number of piperidine rings is 1. The van der Waals surface area contributed by atoms with Gasteiger partial charge < -0.3 is 16.0 Å². The number of H-pyrrole nitrogens is 1. The number of rotatable bonds is 4. The summed E-state index contributed by atoms with van der Waals surface area (Å²) in [5.74, 6) is -0.0509. The molecule has 1 aliphatic rings. The normalized spacial score (nSPS) is 17.2. The van der Waals surface area contributed by atoms with Crippen molar-refractivity contribution in [3.63, 3.8) is 0 Å². The smallest absolute Gasteiger partial charge is 0.233 e. The molecule has 0 unspecified atom stereocenters. The van der Waals surface area contributed by atoms with Crippen LogP contribution >= 0.6 is 0 Å². The van der Waals surface area contributed by atoms with Crippen LogP contribution < -0.4 is 11.1 Å². The number of amides is 1. The highest BCUT2D eigenvalue weighted by Gasteiger charge is 2.20. The van der Waals surface area contributed by atoms with Gasteiger partial charge in [-0.15, -0.1) is 0 Å². The number of carbonyl (C=O) groups excluding carboxylic acids is 1. The first-order chi connectivity index (χ1) is 10.3. The van der Waals surface area contributed by atoms with Gasteiger partial charge in [-0.2, -0.15) is 0 Å². The molecule has 1 saturated heterocycles. The molecule has 2 heterocycles. The van der Waals surface area contributed by atoms with E-state index in [0.29, 0.717) is 0 Å². The van der Waals surface area contributed by atoms with Gasteiger partial charge in [0.1, 0.15) is 0 Å². The first kappa shape index (κ1) is 14.1. The Kier molecular flexibility index (Phi) is 4.22. The lowest BCUT2D eigenvalue weighted by atomic mass is 10.0. The summed E-state index contributed by atoms with van der Waals surface area (Å²) in [6.45, 7) is 3.06. The Labute approximate surface area is 124 Å². The molecule has 1 fully saturated rings. The Morgan fingerprint density at radius 3 is 2.86 bits per heavy atom. The van der Waals surface area contributed by atoms with Crippen LogP contribution in [0.25, 0.3) is 10.9 Å². The van der Waals surface area contributed by atoms with Crippen molar-refractivity contribution < 1.29 is 4.79 Å². The summed E-state index contributed by atoms with van der Waals surface area (Å²) in [6, 6.07) is 8.67. The average molecular weight is 286 g/mol. The maximum Gasteiger partial charge on any atom is 0.233 e. The number of aromatic nitrogens is 1. The Morgan fingerprint density at radius 1 is 1.33 bits per heavy atom. The van der Waals surface area contributed by atoms with Crippen molar-refractivity contribution in [2.75, 3.05) is 19.6 Å². The van der Waals surface area contributed by atoms with E-state index in [9.17, 15) is 4.79 Å². The highest BCUT2D eigenvalue weighted by atomic mass is 16.1. The van der Waals surface area contributed by atoms with E-state index in [2.05, 4.69) is 39.6 Å². The molecule has 21 heavy (non-hydrogen) atoms. The van der Waals surface area contributed by atoms with Gasteiger partial charge in [0.15, 0.2) is 0 Å². The van der Waals surface area contributed by atoms with Crippen molar-refractivity contribution in [3.05, 3.63) is 36.0 Å². The van der Waals surface area contributed by atoms with E-state index in [4.69, 9.17) is 5.73 Å². The van der Waals surface area contributed by atoms with E-state index in [1.54, 1.807) is 0 Å². The van der Waals surface area contributed by atoms with Gasteiger partial charge in [0.25, 0.3) is 0 Å². The van der Waals surface area contributed by atoms with Crippen molar-refractivity contribution in [1.82, 2.24) is 15.2 Å². The molecule has 1 aromatic carbocycles. The molecular weight excluding hydrogens is 264 g/mol. The zero-order valence-corrected chi connectivity index (χ0v) is 12.1. The summed E-state index contributed by atoms with van der Waals surface area (Å²) in [4.78, 5) is 17.1. The molecule has 1 amide bonds. The first-order valence-corrected chi connectivity index (χ1v) is 7.53. The van der Waals surface area contributed by atoms with Crippen LogP contribution in [-0.4, -0.2) is 41.5 Å². The molecule has 0 bridgehead atoms. The summed E-state index contributed by atoms with van der Waals surface area (Å²) in [5, 5.41) is 4.28. The maximum absolute atomic E-state index is 11.3. The van der Waals surface area contributed by atoms with E-state index in [1.807, 2.05) is 6.07 Å². The molecule has 5 heteroatoms. The van der Waals surface area contributed by atoms with Gasteiger partial charge in [-0.05, 0) is 24.5 Å². The third-order valence-electron chi connectivity index (χ3n) is 4.21. The molecule has 4 N–H and O–H groups in total. The number of hydrogen-bond acceptors (Lipinski definition) is 3. The number of hydrogen-bond donors (Lipinski definition) is 3. The zero-order chi connectivity index (χ0) is 14.7. The van der Waals surface area contributed by atoms with Crippen LogP contribution in [0.3, 0.4) is 0 Å². The Hall–Kier alpha value is -1.85. The molecule has 0 saturated carbocycles. The van der Waals surface area contributed by atoms with E-state index in [1.165, 1.54) is 16.5 Å². The van der Waals surface area contributed by atoms with E-state index >= 15 is 0 Å². The minimum atomic E-state index is -0.0509. The number of aromatic amines is 1. The van der Waals surface area contributed by atoms with Crippen LogP contribution in [0.15, 0.2) is 30.5 Å². The number of likely N-dealkylation sites (tertiary alicyclic amines) is 1. The second-order valence-electron chi connectivity index (χ2n) is 5.68. The van der Waals surface area contributed by atoms with Crippen molar-refractivity contribution in [1.29, 1.82) is 0 Å². The molecule has 0 atom stereocenters. The van der Waals surface area contributed by atoms with Gasteiger partial charge in [0.05, 0.1) is 6.54 Å². The summed E-state index contributed by atoms with van der Waals surface area (Å²) in [7, 11) is 0. The monoisotopic (exact) mass is 286 g/mol. The molecule has 2 aromatic rings. The van der Waals surface area contributed by atoms with Crippen LogP contribution in [-0.2, 0) is 11.3 Å². The van der Waals surface area contributed by atoms with Gasteiger partial charge in [0.2, 0.25) is 5.91 Å². The summed E-state index contributed by atoms with van der Waals surface area (Å²) < 4.78 is 0. The van der Waals surface area contributed by atoms with E-state index in [-0.39, 0.29) is 18.5 Å². The molecular formula is C16H22N4O. The van der Waals surface area contributed by atoms with Crippen molar-refractivity contribution in [2.45, 2.75) is 25.4 Å². The zero-order valence-electron chi connectivity index (χ0n) is 12.1. The molecule has 112 valence electrons. The van der Waals surface area contributed by atoms with Gasteiger partial charge in [-0.3, -0.25) is 9.69 Å². The number of nitrogens with one attached hydrogen (secondary N) is 2. The SMILES string of the molecule is NCC(=O)NC1CCN(Cc2c[nH]c3ccccc23)CC1. The minimum absolute atomic E-state index is 0.0509. The van der Waals surface area contributed by atoms with E-state index in [0.717, 1.165) is 32.5 Å². The van der Waals surface area contributed by atoms with Crippen molar-refractivity contribution in [2.24, 2.45) is 5.73 Å². The minimum Gasteiger partial charge on any atom is -0.361 e. The highest BCUT2D eigenvalue weighted by Crippen LogP contribution is 2.21. The van der Waals surface area contributed by atoms with Crippen LogP contribution in [0.5, 0.6) is 0 Å². The average Bonchev–Trinajstić information content (AvgIpc) is 2.92. The standard InChI is InChI=1S/C16H22N4O/c17-9-16(21)19-13-5-7-20(8-6-13)11-12-10-18-15-4-2-1-3-14(12)15/h1-4,10,13,18H,5-9,11,17H2,(H,19,21). The molecule has 3 rings (SSSR count). The van der Waals surface area contributed by atoms with Crippen molar-refractivity contribution in [3.8, 4) is 0 Å². The molecule has 5 nitrogen and oxygen atoms in total. The number of benzene rings is 1. The summed E-state index contributed by atoms with van der Waals surface area (Å²) in [5.41, 5.74) is 7.87. The van der Waals surface area contributed by atoms with Crippen LogP contribution in [0.2, 0.25) is 0 Å². The molecule has 1 aromatic heterocycles. The highest BCUT2D eigenvalue weighted by molar-refractivity contribution is 5.83. The summed E-state index contributed by atoms with van der Waals surface area (Å²) in [6.07, 6.45) is 4.09. The third kappa shape index (κ3) is 3.25. The third-order valence-corrected chi connectivity index (χ3v) is 4.21. The van der Waals surface area contributed by atoms with Crippen LogP contribution in [0.4, 0.5) is 0 Å². The number of carbonyl (C=O) groups is 1. The fourth-order valence-corrected chi connectivity index (χ4v) is 3.03. The number of fused-ring (bicyclic) bond motifs is 1. The van der Waals surface area contributed by atoms with Gasteiger partial charge in [0, 0.05) is 42.8 Å². The molecule has 0 aliphatic carbocycles. The van der Waals surface area contributed by atoms with Crippen molar-refractivity contribution >= 4 is 16.8 Å². The quantitative estimate of drug-likeness (QED) is 0.791. The van der Waals surface area contributed by atoms with Crippen LogP contribution in [0, 0.1) is 0 Å². The largest absolute Gasteiger partial charge is 0.361 e. The lowest BCUT2D eigenvalue weighted by Crippen LogP contribution is -2.46. The Bertz CT molecular complexity index is 614. The lowest BCUT2D eigenvalue weighted by molar-refractivity contribution is -0.120. The maximum atomic E-state index is 11.3. The number of nitrogens with zero attached hydrogens (tertiary/aromatic N) is 1. The molecule has 0 spiro atoms. The summed E-state index contributed by atoms with van der Waals surface area (Å²) >= 11 is 0. The predicted molar refractivity (Wildman–Crippen MR) is 83.8 cm³/mol. The fourth-order valence-electron chi connectivity index (χ4n) is 3.03. The lowest BCUT2D eigenvalue weighted by Gasteiger charge is -2.32. The topological polar surface area (TPSA) is 74.2 Å². The second kappa shape index (κ2) is 6.28. The Balaban J connectivity index is 1.57. The Morgan fingerprint density at radius 2 is 2.10 bits per heavy atom. The predicted octanol–water partition coefficient (Wildman–Crippen LogP) is 1.21. The molecule has 1 aliphatic heterocycles. The molecule has 0 radical (unpaired) electrons. The first-order valence-electron chi connectivity index (χ1n) is 7.53.